The van der Waals surface area contributed by atoms with Gasteiger partial charge in [-0.25, -0.2) is 0 Å². The molecule has 1 atom stereocenters. The second kappa shape index (κ2) is 11.7. The van der Waals surface area contributed by atoms with Gasteiger partial charge in [-0.3, -0.25) is 9.59 Å². The average molecular weight is 562 g/mol. The molecular formula is C32H32ClNO6. The maximum absolute atomic E-state index is 13.9. The summed E-state index contributed by atoms with van der Waals surface area (Å²) in [6.07, 6.45) is 0.680. The van der Waals surface area contributed by atoms with E-state index in [9.17, 15) is 9.59 Å². The topological polar surface area (TPSA) is 78.2 Å². The summed E-state index contributed by atoms with van der Waals surface area (Å²) in [6, 6.07) is 18.0. The highest BCUT2D eigenvalue weighted by molar-refractivity contribution is 6.32. The summed E-state index contributed by atoms with van der Waals surface area (Å²) >= 11 is 6.36. The second-order valence-corrected chi connectivity index (χ2v) is 10.5. The first-order valence-electron chi connectivity index (χ1n) is 13.3. The summed E-state index contributed by atoms with van der Waals surface area (Å²) in [7, 11) is 1.56. The molecule has 0 bridgehead atoms. The van der Waals surface area contributed by atoms with Crippen molar-refractivity contribution in [1.82, 2.24) is 4.90 Å². The van der Waals surface area contributed by atoms with Crippen molar-refractivity contribution < 1.29 is 23.4 Å². The lowest BCUT2D eigenvalue weighted by atomic mass is 9.97. The molecule has 1 aromatic heterocycles. The molecule has 1 aliphatic heterocycles. The molecule has 0 spiro atoms. The molecule has 0 fully saturated rings. The Morgan fingerprint density at radius 1 is 1.02 bits per heavy atom. The first-order chi connectivity index (χ1) is 19.3. The summed E-state index contributed by atoms with van der Waals surface area (Å²) in [5, 5.41) is 0.803. The number of aryl methyl sites for hydroxylation is 1. The fourth-order valence-electron chi connectivity index (χ4n) is 4.98. The van der Waals surface area contributed by atoms with E-state index in [0.29, 0.717) is 64.8 Å². The van der Waals surface area contributed by atoms with Crippen LogP contribution in [0.3, 0.4) is 0 Å². The number of rotatable bonds is 10. The van der Waals surface area contributed by atoms with Gasteiger partial charge in [0.25, 0.3) is 5.91 Å². The highest BCUT2D eigenvalue weighted by Crippen LogP contribution is 2.41. The number of ether oxygens (including phenoxy) is 3. The Morgan fingerprint density at radius 2 is 1.80 bits per heavy atom. The smallest absolute Gasteiger partial charge is 0.290 e. The van der Waals surface area contributed by atoms with E-state index < -0.39 is 6.04 Å². The number of hydrogen-bond donors (Lipinski definition) is 0. The molecule has 1 amide bonds. The summed E-state index contributed by atoms with van der Waals surface area (Å²) < 4.78 is 23.5. The van der Waals surface area contributed by atoms with Crippen molar-refractivity contribution in [2.45, 2.75) is 45.9 Å². The van der Waals surface area contributed by atoms with E-state index in [2.05, 4.69) is 0 Å². The maximum atomic E-state index is 13.9. The Hall–Kier alpha value is -3.81. The Morgan fingerprint density at radius 3 is 2.52 bits per heavy atom. The van der Waals surface area contributed by atoms with Crippen molar-refractivity contribution in [3.05, 3.63) is 104 Å². The number of hydrogen-bond acceptors (Lipinski definition) is 6. The lowest BCUT2D eigenvalue weighted by Crippen LogP contribution is -2.31. The van der Waals surface area contributed by atoms with E-state index in [0.717, 1.165) is 11.1 Å². The van der Waals surface area contributed by atoms with Gasteiger partial charge in [0.1, 0.15) is 12.2 Å². The lowest BCUT2D eigenvalue weighted by Gasteiger charge is -2.26. The van der Waals surface area contributed by atoms with Crippen LogP contribution in [0.4, 0.5) is 0 Å². The van der Waals surface area contributed by atoms with Crippen LogP contribution in [0, 0.1) is 6.92 Å². The summed E-state index contributed by atoms with van der Waals surface area (Å²) in [5.41, 5.74) is 2.86. The van der Waals surface area contributed by atoms with Crippen LogP contribution in [-0.4, -0.2) is 37.2 Å². The molecule has 40 heavy (non-hydrogen) atoms. The molecule has 0 aliphatic carbocycles. The molecule has 7 nitrogen and oxygen atoms in total. The minimum atomic E-state index is -0.667. The van der Waals surface area contributed by atoms with Crippen LogP contribution in [0.5, 0.6) is 11.5 Å². The number of nitrogens with zero attached hydrogens (tertiary/aromatic N) is 1. The molecular weight excluding hydrogens is 530 g/mol. The minimum absolute atomic E-state index is 0.0531. The molecule has 0 saturated carbocycles. The van der Waals surface area contributed by atoms with Crippen molar-refractivity contribution in [2.75, 3.05) is 20.3 Å². The molecule has 1 aliphatic rings. The van der Waals surface area contributed by atoms with Crippen LogP contribution in [-0.2, 0) is 11.3 Å². The van der Waals surface area contributed by atoms with E-state index in [4.69, 9.17) is 30.2 Å². The Labute approximate surface area is 238 Å². The van der Waals surface area contributed by atoms with Crippen LogP contribution in [0.2, 0.25) is 5.02 Å². The standard InChI is InChI=1S/C32H32ClNO6/c1-19(2)38-14-8-13-34-29(22-11-12-25(27(16-22)37-4)39-18-21-9-6-5-7-10-21)28-30(35)23-17-24(33)20(3)15-26(23)40-31(28)32(34)36/h5-7,9-12,15-17,19,29H,8,13-14,18H2,1-4H3. The van der Waals surface area contributed by atoms with Gasteiger partial charge in [-0.1, -0.05) is 48.0 Å². The van der Waals surface area contributed by atoms with E-state index in [1.165, 1.54) is 0 Å². The van der Waals surface area contributed by atoms with Gasteiger partial charge in [0.15, 0.2) is 16.9 Å². The van der Waals surface area contributed by atoms with Crippen molar-refractivity contribution in [3.8, 4) is 11.5 Å². The predicted molar refractivity (Wildman–Crippen MR) is 155 cm³/mol. The van der Waals surface area contributed by atoms with Gasteiger partial charge in [0.05, 0.1) is 30.2 Å². The van der Waals surface area contributed by atoms with E-state index in [1.54, 1.807) is 24.1 Å². The fourth-order valence-corrected chi connectivity index (χ4v) is 5.14. The van der Waals surface area contributed by atoms with Crippen molar-refractivity contribution >= 4 is 28.5 Å². The summed E-state index contributed by atoms with van der Waals surface area (Å²) in [4.78, 5) is 29.3. The molecule has 0 saturated heterocycles. The van der Waals surface area contributed by atoms with Crippen LogP contribution in [0.25, 0.3) is 11.0 Å². The zero-order chi connectivity index (χ0) is 28.4. The quantitative estimate of drug-likeness (QED) is 0.200. The fraction of sp³-hybridized carbons (Fsp3) is 0.312. The number of amides is 1. The third-order valence-electron chi connectivity index (χ3n) is 6.98. The average Bonchev–Trinajstić information content (AvgIpc) is 3.22. The zero-order valence-electron chi connectivity index (χ0n) is 23.0. The van der Waals surface area contributed by atoms with Gasteiger partial charge in [-0.2, -0.15) is 0 Å². The Balaban J connectivity index is 1.56. The molecule has 2 heterocycles. The van der Waals surface area contributed by atoms with E-state index in [-0.39, 0.29) is 23.2 Å². The highest BCUT2D eigenvalue weighted by Gasteiger charge is 2.42. The lowest BCUT2D eigenvalue weighted by molar-refractivity contribution is 0.0593. The van der Waals surface area contributed by atoms with Crippen LogP contribution < -0.4 is 14.9 Å². The number of benzene rings is 3. The van der Waals surface area contributed by atoms with Gasteiger partial charge in [-0.05, 0) is 68.1 Å². The molecule has 0 N–H and O–H groups in total. The third kappa shape index (κ3) is 5.44. The molecule has 1 unspecified atom stereocenters. The first-order valence-corrected chi connectivity index (χ1v) is 13.7. The third-order valence-corrected chi connectivity index (χ3v) is 7.39. The first kappa shape index (κ1) is 27.7. The number of carbonyl (C=O) groups excluding carboxylic acids is 1. The van der Waals surface area contributed by atoms with Crippen molar-refractivity contribution in [3.63, 3.8) is 0 Å². The minimum Gasteiger partial charge on any atom is -0.493 e. The van der Waals surface area contributed by atoms with Crippen molar-refractivity contribution in [1.29, 1.82) is 0 Å². The maximum Gasteiger partial charge on any atom is 0.290 e. The van der Waals surface area contributed by atoms with Crippen LogP contribution in [0.15, 0.2) is 69.9 Å². The van der Waals surface area contributed by atoms with Crippen LogP contribution >= 0.6 is 11.6 Å². The second-order valence-electron chi connectivity index (χ2n) is 10.1. The van der Waals surface area contributed by atoms with Crippen LogP contribution in [0.1, 0.15) is 59.1 Å². The highest BCUT2D eigenvalue weighted by atomic mass is 35.5. The largest absolute Gasteiger partial charge is 0.493 e. The molecule has 208 valence electrons. The van der Waals surface area contributed by atoms with Gasteiger partial charge < -0.3 is 23.5 Å². The molecule has 0 radical (unpaired) electrons. The molecule has 8 heteroatoms. The number of fused-ring (bicyclic) bond motifs is 2. The SMILES string of the molecule is COc1cc(C2c3c(oc4cc(C)c(Cl)cc4c3=O)C(=O)N2CCCOC(C)C)ccc1OCc1ccccc1. The number of halogens is 1. The molecule has 4 aromatic rings. The van der Waals surface area contributed by atoms with Gasteiger partial charge >= 0.3 is 0 Å². The Bertz CT molecular complexity index is 1600. The van der Waals surface area contributed by atoms with Gasteiger partial charge in [0.2, 0.25) is 5.76 Å². The summed E-state index contributed by atoms with van der Waals surface area (Å²) in [6.45, 7) is 7.00. The predicted octanol–water partition coefficient (Wildman–Crippen LogP) is 6.70. The molecule has 5 rings (SSSR count). The Kier molecular flexibility index (Phi) is 8.14. The normalized spacial score (nSPS) is 14.7. The number of carbonyl (C=O) groups is 1. The summed E-state index contributed by atoms with van der Waals surface area (Å²) in [5.74, 6) is 0.780. The van der Waals surface area contributed by atoms with E-state index in [1.807, 2.05) is 69.3 Å². The molecule has 3 aromatic carbocycles. The zero-order valence-corrected chi connectivity index (χ0v) is 23.8. The van der Waals surface area contributed by atoms with E-state index >= 15 is 0 Å². The van der Waals surface area contributed by atoms with Crippen molar-refractivity contribution in [2.24, 2.45) is 0 Å². The monoisotopic (exact) mass is 561 g/mol. The van der Waals surface area contributed by atoms with Gasteiger partial charge in [0, 0.05) is 18.2 Å². The number of methoxy groups -OCH3 is 1. The van der Waals surface area contributed by atoms with Gasteiger partial charge in [-0.15, -0.1) is 0 Å².